The molecule has 0 aromatic heterocycles. The van der Waals surface area contributed by atoms with Crippen LogP contribution in [0.3, 0.4) is 0 Å². The lowest BCUT2D eigenvalue weighted by Crippen LogP contribution is -2.17. The zero-order valence-electron chi connectivity index (χ0n) is 10.7. The Labute approximate surface area is 130 Å². The molecule has 0 bridgehead atoms. The second-order valence-electron chi connectivity index (χ2n) is 3.93. The van der Waals surface area contributed by atoms with Crippen LogP contribution in [-0.2, 0) is 16.0 Å². The zero-order valence-corrected chi connectivity index (χ0v) is 12.2. The number of benzene rings is 1. The molecular weight excluding hydrogens is 319 g/mol. The Hall–Kier alpha value is -2.05. The number of amides is 1. The molecule has 1 rings (SSSR count). The van der Waals surface area contributed by atoms with Crippen LogP contribution in [0.2, 0.25) is 0 Å². The molecule has 0 saturated carbocycles. The van der Waals surface area contributed by atoms with Crippen LogP contribution in [0.15, 0.2) is 39.4 Å². The summed E-state index contributed by atoms with van der Waals surface area (Å²) in [7, 11) is 0. The first-order valence-electron chi connectivity index (χ1n) is 5.78. The average Bonchev–Trinajstić information content (AvgIpc) is 2.45. The molecule has 0 atom stereocenters. The minimum Gasteiger partial charge on any atom is -0.508 e. The number of nitrogens with zero attached hydrogens (tertiary/aromatic N) is 1. The van der Waals surface area contributed by atoms with Gasteiger partial charge in [-0.2, -0.15) is 5.10 Å². The maximum Gasteiger partial charge on any atom is 0.348 e. The van der Waals surface area contributed by atoms with E-state index in [9.17, 15) is 9.59 Å². The van der Waals surface area contributed by atoms with Gasteiger partial charge in [0.05, 0.1) is 11.2 Å². The van der Waals surface area contributed by atoms with Crippen molar-refractivity contribution in [3.63, 3.8) is 0 Å². The van der Waals surface area contributed by atoms with Crippen LogP contribution < -0.4 is 5.43 Å². The van der Waals surface area contributed by atoms with Crippen LogP contribution in [0.1, 0.15) is 12.0 Å². The SMILES string of the molecule is O=C(CCc1ccc(O)cc1)N/N=C\C(Cl)=C(/Cl)C(=O)O. The first kappa shape index (κ1) is 17.0. The number of phenolic OH excluding ortho intramolecular Hbond substituents is 1. The molecule has 0 aliphatic heterocycles. The Morgan fingerprint density at radius 3 is 2.43 bits per heavy atom. The Bertz CT molecular complexity index is 582. The van der Waals surface area contributed by atoms with E-state index in [1.165, 1.54) is 12.1 Å². The fourth-order valence-corrected chi connectivity index (χ4v) is 1.47. The predicted octanol–water partition coefficient (Wildman–Crippen LogP) is 2.20. The monoisotopic (exact) mass is 330 g/mol. The zero-order chi connectivity index (χ0) is 15.8. The number of aryl methyl sites for hydroxylation is 1. The number of phenols is 1. The van der Waals surface area contributed by atoms with Crippen molar-refractivity contribution in [3.05, 3.63) is 39.9 Å². The van der Waals surface area contributed by atoms with Crippen LogP contribution in [0.5, 0.6) is 5.75 Å². The van der Waals surface area contributed by atoms with Crippen LogP contribution in [0.25, 0.3) is 0 Å². The minimum atomic E-state index is -1.38. The fourth-order valence-electron chi connectivity index (χ4n) is 1.30. The number of carbonyl (C=O) groups excluding carboxylic acids is 1. The van der Waals surface area contributed by atoms with Crippen LogP contribution in [-0.4, -0.2) is 28.3 Å². The van der Waals surface area contributed by atoms with Gasteiger partial charge in [-0.25, -0.2) is 10.2 Å². The number of nitrogens with one attached hydrogen (secondary N) is 1. The molecule has 0 spiro atoms. The van der Waals surface area contributed by atoms with E-state index < -0.39 is 11.0 Å². The van der Waals surface area contributed by atoms with Crippen molar-refractivity contribution in [1.29, 1.82) is 0 Å². The van der Waals surface area contributed by atoms with Gasteiger partial charge in [0.2, 0.25) is 5.91 Å². The number of halogens is 2. The normalized spacial score (nSPS) is 12.1. The molecule has 112 valence electrons. The van der Waals surface area contributed by atoms with Gasteiger partial charge in [-0.1, -0.05) is 35.3 Å². The Morgan fingerprint density at radius 2 is 1.86 bits per heavy atom. The lowest BCUT2D eigenvalue weighted by Gasteiger charge is -2.01. The van der Waals surface area contributed by atoms with E-state index >= 15 is 0 Å². The van der Waals surface area contributed by atoms with Gasteiger partial charge >= 0.3 is 5.97 Å². The van der Waals surface area contributed by atoms with Gasteiger partial charge < -0.3 is 10.2 Å². The van der Waals surface area contributed by atoms with Gasteiger partial charge in [-0.05, 0) is 24.1 Å². The summed E-state index contributed by atoms with van der Waals surface area (Å²) in [6, 6.07) is 6.48. The number of hydrogen-bond donors (Lipinski definition) is 3. The minimum absolute atomic E-state index is 0.157. The number of rotatable bonds is 6. The first-order chi connectivity index (χ1) is 9.90. The third-order valence-electron chi connectivity index (χ3n) is 2.34. The van der Waals surface area contributed by atoms with Gasteiger partial charge in [-0.15, -0.1) is 0 Å². The Kier molecular flexibility index (Phi) is 6.71. The number of hydrazone groups is 1. The third-order valence-corrected chi connectivity index (χ3v) is 3.09. The van der Waals surface area contributed by atoms with Crippen molar-refractivity contribution in [3.8, 4) is 5.75 Å². The smallest absolute Gasteiger partial charge is 0.348 e. The second kappa shape index (κ2) is 8.28. The summed E-state index contributed by atoms with van der Waals surface area (Å²) in [4.78, 5) is 22.0. The lowest BCUT2D eigenvalue weighted by molar-refractivity contribution is -0.131. The van der Waals surface area contributed by atoms with Gasteiger partial charge in [0.1, 0.15) is 10.8 Å². The Morgan fingerprint density at radius 1 is 1.24 bits per heavy atom. The standard InChI is InChI=1S/C13H12Cl2N2O4/c14-10(12(15)13(20)21)7-16-17-11(19)6-3-8-1-4-9(18)5-2-8/h1-2,4-5,7,18H,3,6H2,(H,17,19)(H,20,21)/b12-10+,16-7-. The highest BCUT2D eigenvalue weighted by Crippen LogP contribution is 2.12. The maximum atomic E-state index is 11.5. The van der Waals surface area contributed by atoms with Crippen LogP contribution in [0.4, 0.5) is 0 Å². The third kappa shape index (κ3) is 6.29. The first-order valence-corrected chi connectivity index (χ1v) is 6.54. The van der Waals surface area contributed by atoms with Gasteiger partial charge in [0.25, 0.3) is 0 Å². The summed E-state index contributed by atoms with van der Waals surface area (Å²) in [5, 5.41) is 20.3. The number of carboxylic acids is 1. The van der Waals surface area contributed by atoms with Crippen molar-refractivity contribution in [1.82, 2.24) is 5.43 Å². The largest absolute Gasteiger partial charge is 0.508 e. The topological polar surface area (TPSA) is 99.0 Å². The molecule has 21 heavy (non-hydrogen) atoms. The second-order valence-corrected chi connectivity index (χ2v) is 4.71. The molecule has 0 unspecified atom stereocenters. The van der Waals surface area contributed by atoms with Crippen molar-refractivity contribution in [2.24, 2.45) is 5.10 Å². The van der Waals surface area contributed by atoms with Gasteiger partial charge in [-0.3, -0.25) is 4.79 Å². The molecule has 1 amide bonds. The van der Waals surface area contributed by atoms with Gasteiger partial charge in [0, 0.05) is 6.42 Å². The highest BCUT2D eigenvalue weighted by molar-refractivity contribution is 6.51. The van der Waals surface area contributed by atoms with Crippen molar-refractivity contribution in [2.75, 3.05) is 0 Å². The molecule has 1 aromatic rings. The molecule has 0 aliphatic rings. The maximum absolute atomic E-state index is 11.5. The molecule has 0 saturated heterocycles. The average molecular weight is 331 g/mol. The number of carboxylic acid groups (broad SMARTS) is 1. The van der Waals surface area contributed by atoms with E-state index in [1.54, 1.807) is 12.1 Å². The van der Waals surface area contributed by atoms with E-state index in [-0.39, 0.29) is 23.1 Å². The van der Waals surface area contributed by atoms with Crippen LogP contribution in [0, 0.1) is 0 Å². The van der Waals surface area contributed by atoms with Crippen LogP contribution >= 0.6 is 23.2 Å². The lowest BCUT2D eigenvalue weighted by atomic mass is 10.1. The molecular formula is C13H12Cl2N2O4. The number of carbonyl (C=O) groups is 2. The summed E-state index contributed by atoms with van der Waals surface area (Å²) in [5.74, 6) is -1.59. The summed E-state index contributed by atoms with van der Waals surface area (Å²) in [5.41, 5.74) is 3.09. The molecule has 6 nitrogen and oxygen atoms in total. The molecule has 1 aromatic carbocycles. The fraction of sp³-hybridized carbons (Fsp3) is 0.154. The number of allylic oxidation sites excluding steroid dienone is 1. The van der Waals surface area contributed by atoms with E-state index in [4.69, 9.17) is 33.4 Å². The highest BCUT2D eigenvalue weighted by Gasteiger charge is 2.08. The summed E-state index contributed by atoms with van der Waals surface area (Å²) in [6.45, 7) is 0. The molecule has 0 fully saturated rings. The number of aromatic hydroxyl groups is 1. The van der Waals surface area contributed by atoms with Crippen molar-refractivity contribution >= 4 is 41.3 Å². The predicted molar refractivity (Wildman–Crippen MR) is 79.4 cm³/mol. The van der Waals surface area contributed by atoms with Crippen molar-refractivity contribution < 1.29 is 19.8 Å². The molecule has 0 radical (unpaired) electrons. The van der Waals surface area contributed by atoms with E-state index in [0.717, 1.165) is 11.8 Å². The van der Waals surface area contributed by atoms with E-state index in [1.807, 2.05) is 0 Å². The molecule has 0 heterocycles. The summed E-state index contributed by atoms with van der Waals surface area (Å²) >= 11 is 10.9. The quantitative estimate of drug-likeness (QED) is 0.423. The summed E-state index contributed by atoms with van der Waals surface area (Å²) in [6.07, 6.45) is 1.59. The van der Waals surface area contributed by atoms with E-state index in [2.05, 4.69) is 10.5 Å². The summed E-state index contributed by atoms with van der Waals surface area (Å²) < 4.78 is 0. The van der Waals surface area contributed by atoms with Gasteiger partial charge in [0.15, 0.2) is 0 Å². The molecule has 3 N–H and O–H groups in total. The highest BCUT2D eigenvalue weighted by atomic mass is 35.5. The van der Waals surface area contributed by atoms with Crippen molar-refractivity contribution in [2.45, 2.75) is 12.8 Å². The number of aliphatic carboxylic acids is 1. The molecule has 0 aliphatic carbocycles. The molecule has 8 heteroatoms. The van der Waals surface area contributed by atoms with E-state index in [0.29, 0.717) is 6.42 Å². The Balaban J connectivity index is 2.43. The number of hydrogen-bond acceptors (Lipinski definition) is 4.